The van der Waals surface area contributed by atoms with Crippen molar-refractivity contribution in [3.63, 3.8) is 0 Å². The molecule has 124 valence electrons. The van der Waals surface area contributed by atoms with E-state index in [0.717, 1.165) is 0 Å². The number of benzene rings is 1. The number of nitro groups is 1. The zero-order valence-electron chi connectivity index (χ0n) is 13.5. The largest absolute Gasteiger partial charge is 0.465 e. The van der Waals surface area contributed by atoms with Gasteiger partial charge in [0.15, 0.2) is 5.78 Å². The molecular formula is C17H16N2O5. The molecule has 0 atom stereocenters. The highest BCUT2D eigenvalue weighted by atomic mass is 16.6. The summed E-state index contributed by atoms with van der Waals surface area (Å²) in [4.78, 5) is 37.8. The van der Waals surface area contributed by atoms with Crippen LogP contribution in [0.4, 0.5) is 5.69 Å². The fraction of sp³-hybridized carbons (Fsp3) is 0.176. The first-order valence-corrected chi connectivity index (χ1v) is 7.10. The van der Waals surface area contributed by atoms with Crippen molar-refractivity contribution in [2.75, 3.05) is 7.11 Å². The van der Waals surface area contributed by atoms with Gasteiger partial charge in [-0.1, -0.05) is 12.1 Å². The van der Waals surface area contributed by atoms with E-state index in [1.54, 1.807) is 32.0 Å². The lowest BCUT2D eigenvalue weighted by Crippen LogP contribution is -2.08. The Morgan fingerprint density at radius 1 is 1.17 bits per heavy atom. The van der Waals surface area contributed by atoms with Crippen molar-refractivity contribution in [3.05, 3.63) is 68.5 Å². The molecule has 7 nitrogen and oxygen atoms in total. The van der Waals surface area contributed by atoms with Gasteiger partial charge in [0.1, 0.15) is 0 Å². The average molecular weight is 328 g/mol. The van der Waals surface area contributed by atoms with Crippen molar-refractivity contribution < 1.29 is 19.2 Å². The predicted molar refractivity (Wildman–Crippen MR) is 88.1 cm³/mol. The zero-order chi connectivity index (χ0) is 17.9. The lowest BCUT2D eigenvalue weighted by atomic mass is 10.0. The molecule has 1 N–H and O–H groups in total. The molecule has 0 aliphatic rings. The molecule has 1 aromatic heterocycles. The second-order valence-electron chi connectivity index (χ2n) is 5.13. The molecule has 0 saturated carbocycles. The second kappa shape index (κ2) is 6.91. The SMILES string of the molecule is COC(=O)c1c(C)[nH]c(C)c1C(=O)/C=C/c1ccccc1[N+](=O)[O-]. The number of nitrogens with one attached hydrogen (secondary N) is 1. The minimum absolute atomic E-state index is 0.100. The van der Waals surface area contributed by atoms with E-state index < -0.39 is 16.7 Å². The van der Waals surface area contributed by atoms with Crippen molar-refractivity contribution in [3.8, 4) is 0 Å². The zero-order valence-corrected chi connectivity index (χ0v) is 13.5. The number of aromatic amines is 1. The maximum absolute atomic E-state index is 12.5. The molecule has 0 saturated heterocycles. The van der Waals surface area contributed by atoms with Gasteiger partial charge in [-0.05, 0) is 32.1 Å². The predicted octanol–water partition coefficient (Wildman–Crippen LogP) is 3.22. The van der Waals surface area contributed by atoms with Crippen LogP contribution in [0.25, 0.3) is 6.08 Å². The van der Waals surface area contributed by atoms with Crippen molar-refractivity contribution in [1.29, 1.82) is 0 Å². The minimum Gasteiger partial charge on any atom is -0.465 e. The summed E-state index contributed by atoms with van der Waals surface area (Å²) < 4.78 is 4.71. The third-order valence-electron chi connectivity index (χ3n) is 3.56. The van der Waals surface area contributed by atoms with Crippen LogP contribution in [0.2, 0.25) is 0 Å². The van der Waals surface area contributed by atoms with Gasteiger partial charge < -0.3 is 9.72 Å². The number of ketones is 1. The lowest BCUT2D eigenvalue weighted by Gasteiger charge is -2.02. The number of H-pyrrole nitrogens is 1. The van der Waals surface area contributed by atoms with Crippen LogP contribution in [0.5, 0.6) is 0 Å². The van der Waals surface area contributed by atoms with Gasteiger partial charge in [0.05, 0.1) is 28.7 Å². The quantitative estimate of drug-likeness (QED) is 0.298. The van der Waals surface area contributed by atoms with Gasteiger partial charge in [0, 0.05) is 17.5 Å². The smallest absolute Gasteiger partial charge is 0.340 e. The topological polar surface area (TPSA) is 102 Å². The van der Waals surface area contributed by atoms with Crippen molar-refractivity contribution in [1.82, 2.24) is 4.98 Å². The summed E-state index contributed by atoms with van der Waals surface area (Å²) in [6, 6.07) is 6.09. The van der Waals surface area contributed by atoms with Crippen LogP contribution < -0.4 is 0 Å². The van der Waals surface area contributed by atoms with Gasteiger partial charge in [0.2, 0.25) is 0 Å². The van der Waals surface area contributed by atoms with E-state index in [1.807, 2.05) is 0 Å². The highest BCUT2D eigenvalue weighted by Crippen LogP contribution is 2.22. The monoisotopic (exact) mass is 328 g/mol. The van der Waals surface area contributed by atoms with Gasteiger partial charge in [0.25, 0.3) is 5.69 Å². The Bertz CT molecular complexity index is 849. The summed E-state index contributed by atoms with van der Waals surface area (Å²) in [5.41, 5.74) is 1.64. The molecule has 0 unspecified atom stereocenters. The Morgan fingerprint density at radius 2 is 1.79 bits per heavy atom. The molecule has 1 aromatic carbocycles. The number of nitro benzene ring substituents is 1. The van der Waals surface area contributed by atoms with Crippen LogP contribution in [0, 0.1) is 24.0 Å². The molecule has 2 rings (SSSR count). The first-order valence-electron chi connectivity index (χ1n) is 7.10. The summed E-state index contributed by atoms with van der Waals surface area (Å²) >= 11 is 0. The van der Waals surface area contributed by atoms with Crippen LogP contribution in [0.15, 0.2) is 30.3 Å². The van der Waals surface area contributed by atoms with Gasteiger partial charge in [-0.2, -0.15) is 0 Å². The number of methoxy groups -OCH3 is 1. The number of nitrogens with zero attached hydrogens (tertiary/aromatic N) is 1. The molecule has 0 radical (unpaired) electrons. The fourth-order valence-corrected chi connectivity index (χ4v) is 2.49. The first kappa shape index (κ1) is 17.1. The van der Waals surface area contributed by atoms with Gasteiger partial charge >= 0.3 is 5.97 Å². The highest BCUT2D eigenvalue weighted by Gasteiger charge is 2.23. The number of allylic oxidation sites excluding steroid dienone is 1. The van der Waals surface area contributed by atoms with E-state index in [9.17, 15) is 19.7 Å². The van der Waals surface area contributed by atoms with Crippen LogP contribution in [0.1, 0.15) is 37.7 Å². The minimum atomic E-state index is -0.612. The molecule has 0 aliphatic heterocycles. The summed E-state index contributed by atoms with van der Waals surface area (Å²) in [5, 5.41) is 11.0. The molecule has 1 heterocycles. The fourth-order valence-electron chi connectivity index (χ4n) is 2.49. The molecule has 0 amide bonds. The molecule has 0 aliphatic carbocycles. The molecule has 24 heavy (non-hydrogen) atoms. The normalized spacial score (nSPS) is 10.8. The summed E-state index contributed by atoms with van der Waals surface area (Å²) in [6.45, 7) is 3.34. The van der Waals surface area contributed by atoms with E-state index >= 15 is 0 Å². The first-order chi connectivity index (χ1) is 11.4. The number of ether oxygens (including phenoxy) is 1. The molecular weight excluding hydrogens is 312 g/mol. The summed E-state index contributed by atoms with van der Waals surface area (Å²) in [7, 11) is 1.24. The molecule has 2 aromatic rings. The maximum Gasteiger partial charge on any atom is 0.340 e. The van der Waals surface area contributed by atoms with Crippen molar-refractivity contribution in [2.24, 2.45) is 0 Å². The van der Waals surface area contributed by atoms with Crippen LogP contribution >= 0.6 is 0 Å². The van der Waals surface area contributed by atoms with Crippen molar-refractivity contribution >= 4 is 23.5 Å². The number of carbonyl (C=O) groups is 2. The third-order valence-corrected chi connectivity index (χ3v) is 3.56. The average Bonchev–Trinajstić information content (AvgIpc) is 2.86. The number of aryl methyl sites for hydroxylation is 2. The Kier molecular flexibility index (Phi) is 4.93. The molecule has 0 spiro atoms. The Hall–Kier alpha value is -3.22. The van der Waals surface area contributed by atoms with E-state index in [0.29, 0.717) is 17.0 Å². The standard InChI is InChI=1S/C17H16N2O5/c1-10-15(16(11(2)18-10)17(21)24-3)14(20)9-8-12-6-4-5-7-13(12)19(22)23/h4-9,18H,1-3H3/b9-8+. The van der Waals surface area contributed by atoms with Crippen LogP contribution in [-0.4, -0.2) is 28.8 Å². The Labute approximate surface area is 138 Å². The van der Waals surface area contributed by atoms with Gasteiger partial charge in [-0.25, -0.2) is 4.79 Å². The number of para-hydroxylation sites is 1. The summed E-state index contributed by atoms with van der Waals surface area (Å²) in [6.07, 6.45) is 2.58. The molecule has 0 fully saturated rings. The Balaban J connectivity index is 2.42. The highest BCUT2D eigenvalue weighted by molar-refractivity contribution is 6.14. The molecule has 7 heteroatoms. The number of carbonyl (C=O) groups excluding carboxylic acids is 2. The number of rotatable bonds is 5. The van der Waals surface area contributed by atoms with Crippen molar-refractivity contribution in [2.45, 2.75) is 13.8 Å². The van der Waals surface area contributed by atoms with Crippen LogP contribution in [-0.2, 0) is 4.74 Å². The third kappa shape index (κ3) is 3.24. The number of hydrogen-bond acceptors (Lipinski definition) is 5. The second-order valence-corrected chi connectivity index (χ2v) is 5.13. The van der Waals surface area contributed by atoms with E-state index in [1.165, 1.54) is 25.3 Å². The Morgan fingerprint density at radius 3 is 2.42 bits per heavy atom. The number of aromatic nitrogens is 1. The number of hydrogen-bond donors (Lipinski definition) is 1. The lowest BCUT2D eigenvalue weighted by molar-refractivity contribution is -0.385. The number of esters is 1. The van der Waals surface area contributed by atoms with Gasteiger partial charge in [-0.15, -0.1) is 0 Å². The maximum atomic E-state index is 12.5. The van der Waals surface area contributed by atoms with Gasteiger partial charge in [-0.3, -0.25) is 14.9 Å². The van der Waals surface area contributed by atoms with E-state index in [-0.39, 0.29) is 16.8 Å². The summed E-state index contributed by atoms with van der Waals surface area (Å²) in [5.74, 6) is -1.05. The molecule has 0 bridgehead atoms. The van der Waals surface area contributed by atoms with E-state index in [4.69, 9.17) is 4.74 Å². The van der Waals surface area contributed by atoms with E-state index in [2.05, 4.69) is 4.98 Å². The van der Waals surface area contributed by atoms with Crippen LogP contribution in [0.3, 0.4) is 0 Å².